The fraction of sp³-hybridized carbons (Fsp3) is 0.500. The summed E-state index contributed by atoms with van der Waals surface area (Å²) in [7, 11) is -3.21. The van der Waals surface area contributed by atoms with Crippen LogP contribution in [-0.2, 0) is 32.6 Å². The summed E-state index contributed by atoms with van der Waals surface area (Å²) in [5, 5.41) is 3.99. The summed E-state index contributed by atoms with van der Waals surface area (Å²) in [4.78, 5) is 12.3. The number of hydrogen-bond acceptors (Lipinski definition) is 7. The summed E-state index contributed by atoms with van der Waals surface area (Å²) in [5.41, 5.74) is 2.58. The van der Waals surface area contributed by atoms with Crippen LogP contribution in [0.4, 0.5) is 0 Å². The Morgan fingerprint density at radius 3 is 2.76 bits per heavy atom. The van der Waals surface area contributed by atoms with E-state index in [4.69, 9.17) is 14.0 Å². The number of sulfonamides is 1. The van der Waals surface area contributed by atoms with Gasteiger partial charge in [0, 0.05) is 31.1 Å². The van der Waals surface area contributed by atoms with Crippen molar-refractivity contribution in [3.8, 4) is 17.1 Å². The highest BCUT2D eigenvalue weighted by Crippen LogP contribution is 2.33. The number of hydrogen-bond donors (Lipinski definition) is 0. The van der Waals surface area contributed by atoms with E-state index in [2.05, 4.69) is 5.16 Å². The summed E-state index contributed by atoms with van der Waals surface area (Å²) in [6.07, 6.45) is 3.15. The lowest BCUT2D eigenvalue weighted by molar-refractivity contribution is -0.151. The monoisotopic (exact) mass is 420 g/mol. The Morgan fingerprint density at radius 2 is 2.03 bits per heavy atom. The van der Waals surface area contributed by atoms with E-state index in [-0.39, 0.29) is 24.6 Å². The first-order chi connectivity index (χ1) is 13.8. The van der Waals surface area contributed by atoms with E-state index in [1.54, 1.807) is 6.07 Å². The van der Waals surface area contributed by atoms with Crippen molar-refractivity contribution < 1.29 is 27.2 Å². The van der Waals surface area contributed by atoms with Crippen LogP contribution in [0.5, 0.6) is 5.75 Å². The van der Waals surface area contributed by atoms with Crippen LogP contribution in [0, 0.1) is 5.92 Å². The Balaban J connectivity index is 1.32. The van der Waals surface area contributed by atoms with Crippen LogP contribution in [0.2, 0.25) is 0 Å². The Kier molecular flexibility index (Phi) is 5.35. The molecule has 2 aliphatic rings. The van der Waals surface area contributed by atoms with Gasteiger partial charge in [-0.1, -0.05) is 5.16 Å². The van der Waals surface area contributed by atoms with Crippen molar-refractivity contribution >= 4 is 16.0 Å². The third kappa shape index (κ3) is 4.45. The number of ether oxygens (including phenoxy) is 2. The summed E-state index contributed by atoms with van der Waals surface area (Å²) in [5.74, 6) is 0.890. The molecule has 1 aromatic carbocycles. The molecule has 8 nitrogen and oxygen atoms in total. The molecule has 0 N–H and O–H groups in total. The van der Waals surface area contributed by atoms with Gasteiger partial charge in [-0.3, -0.25) is 4.79 Å². The summed E-state index contributed by atoms with van der Waals surface area (Å²) in [6, 6.07) is 7.65. The van der Waals surface area contributed by atoms with Crippen LogP contribution in [-0.4, -0.2) is 49.3 Å². The van der Waals surface area contributed by atoms with Gasteiger partial charge >= 0.3 is 5.97 Å². The number of benzene rings is 1. The number of piperidine rings is 1. The molecule has 0 saturated carbocycles. The van der Waals surface area contributed by atoms with Gasteiger partial charge in [0.15, 0.2) is 5.76 Å². The predicted molar refractivity (Wildman–Crippen MR) is 105 cm³/mol. The smallest absolute Gasteiger partial charge is 0.309 e. The fourth-order valence-corrected chi connectivity index (χ4v) is 4.65. The molecule has 0 unspecified atom stereocenters. The molecule has 0 spiro atoms. The maximum absolute atomic E-state index is 12.3. The second kappa shape index (κ2) is 7.79. The van der Waals surface area contributed by atoms with Crippen molar-refractivity contribution in [3.63, 3.8) is 0 Å². The quantitative estimate of drug-likeness (QED) is 0.685. The van der Waals surface area contributed by atoms with Gasteiger partial charge in [-0.15, -0.1) is 0 Å². The van der Waals surface area contributed by atoms with Gasteiger partial charge < -0.3 is 14.0 Å². The number of aromatic nitrogens is 1. The molecule has 3 heterocycles. The number of fused-ring (bicyclic) bond motifs is 1. The average Bonchev–Trinajstić information content (AvgIpc) is 3.30. The first-order valence-corrected chi connectivity index (χ1v) is 11.5. The largest absolute Gasteiger partial charge is 0.490 e. The Morgan fingerprint density at radius 1 is 1.28 bits per heavy atom. The molecular formula is C20H24N2O6S. The molecule has 1 saturated heterocycles. The lowest BCUT2D eigenvalue weighted by Gasteiger charge is -2.28. The van der Waals surface area contributed by atoms with Crippen LogP contribution in [0.25, 0.3) is 11.3 Å². The summed E-state index contributed by atoms with van der Waals surface area (Å²) >= 11 is 0. The third-order valence-electron chi connectivity index (χ3n) is 5.36. The number of carbonyl (C=O) groups is 1. The molecule has 0 bridgehead atoms. The summed E-state index contributed by atoms with van der Waals surface area (Å²) < 4.78 is 41.0. The Labute approximate surface area is 169 Å². The highest BCUT2D eigenvalue weighted by molar-refractivity contribution is 7.88. The first-order valence-electron chi connectivity index (χ1n) is 9.67. The average molecular weight is 420 g/mol. The molecule has 1 atom stereocenters. The fourth-order valence-electron chi connectivity index (χ4n) is 3.78. The molecule has 2 aliphatic heterocycles. The van der Waals surface area contributed by atoms with E-state index in [0.29, 0.717) is 37.4 Å². The van der Waals surface area contributed by atoms with E-state index in [1.807, 2.05) is 25.1 Å². The number of esters is 1. The van der Waals surface area contributed by atoms with E-state index in [9.17, 15) is 13.2 Å². The minimum absolute atomic E-state index is 0.0275. The van der Waals surface area contributed by atoms with Crippen molar-refractivity contribution in [1.29, 1.82) is 0 Å². The molecule has 2 aromatic rings. The zero-order valence-electron chi connectivity index (χ0n) is 16.5. The molecule has 1 fully saturated rings. The minimum Gasteiger partial charge on any atom is -0.490 e. The third-order valence-corrected chi connectivity index (χ3v) is 6.66. The molecule has 1 aromatic heterocycles. The van der Waals surface area contributed by atoms with Crippen LogP contribution < -0.4 is 4.74 Å². The Hall–Kier alpha value is -2.39. The van der Waals surface area contributed by atoms with E-state index in [1.165, 1.54) is 10.6 Å². The van der Waals surface area contributed by atoms with Gasteiger partial charge in [0.25, 0.3) is 0 Å². The summed E-state index contributed by atoms with van der Waals surface area (Å²) in [6.45, 7) is 2.74. The maximum Gasteiger partial charge on any atom is 0.309 e. The van der Waals surface area contributed by atoms with E-state index >= 15 is 0 Å². The zero-order valence-corrected chi connectivity index (χ0v) is 17.3. The first kappa shape index (κ1) is 19.9. The van der Waals surface area contributed by atoms with Crippen molar-refractivity contribution in [2.45, 2.75) is 38.9 Å². The maximum atomic E-state index is 12.3. The van der Waals surface area contributed by atoms with Gasteiger partial charge in [-0.05, 0) is 43.5 Å². The molecule has 0 radical (unpaired) electrons. The molecule has 156 valence electrons. The highest BCUT2D eigenvalue weighted by atomic mass is 32.2. The van der Waals surface area contributed by atoms with Crippen LogP contribution in [0.1, 0.15) is 31.0 Å². The number of rotatable bonds is 5. The molecule has 0 amide bonds. The SMILES string of the molecule is C[C@@H]1Cc2cc(-c3cc(COC(=O)C4CCN(S(C)(=O)=O)CC4)no3)ccc2O1. The van der Waals surface area contributed by atoms with Crippen LogP contribution in [0.3, 0.4) is 0 Å². The van der Waals surface area contributed by atoms with Gasteiger partial charge in [0.1, 0.15) is 24.2 Å². The lowest BCUT2D eigenvalue weighted by Crippen LogP contribution is -2.40. The topological polar surface area (TPSA) is 98.9 Å². The standard InChI is InChI=1S/C20H24N2O6S/c1-13-9-16-10-15(3-4-18(16)27-13)19-11-17(21-28-19)12-26-20(23)14-5-7-22(8-6-14)29(2,24)25/h3-4,10-11,13-14H,5-9,12H2,1-2H3/t13-/m1/s1. The Bertz CT molecular complexity index is 1010. The molecule has 9 heteroatoms. The van der Waals surface area contributed by atoms with Crippen molar-refractivity contribution in [2.75, 3.05) is 19.3 Å². The van der Waals surface area contributed by atoms with Crippen molar-refractivity contribution in [2.24, 2.45) is 5.92 Å². The number of nitrogens with zero attached hydrogens (tertiary/aromatic N) is 2. The van der Waals surface area contributed by atoms with Gasteiger partial charge in [-0.2, -0.15) is 0 Å². The van der Waals surface area contributed by atoms with Crippen molar-refractivity contribution in [3.05, 3.63) is 35.5 Å². The van der Waals surface area contributed by atoms with Crippen molar-refractivity contribution in [1.82, 2.24) is 9.46 Å². The second-order valence-corrected chi connectivity index (χ2v) is 9.66. The highest BCUT2D eigenvalue weighted by Gasteiger charge is 2.30. The molecular weight excluding hydrogens is 396 g/mol. The molecule has 4 rings (SSSR count). The van der Waals surface area contributed by atoms with E-state index < -0.39 is 10.0 Å². The van der Waals surface area contributed by atoms with Gasteiger partial charge in [0.05, 0.1) is 12.2 Å². The second-order valence-electron chi connectivity index (χ2n) is 7.68. The minimum atomic E-state index is -3.21. The predicted octanol–water partition coefficient (Wildman–Crippen LogP) is 2.38. The molecule has 29 heavy (non-hydrogen) atoms. The van der Waals surface area contributed by atoms with Gasteiger partial charge in [-0.25, -0.2) is 12.7 Å². The van der Waals surface area contributed by atoms with Crippen LogP contribution in [0.15, 0.2) is 28.8 Å². The zero-order chi connectivity index (χ0) is 20.6. The van der Waals surface area contributed by atoms with E-state index in [0.717, 1.165) is 23.3 Å². The lowest BCUT2D eigenvalue weighted by atomic mass is 9.98. The van der Waals surface area contributed by atoms with Gasteiger partial charge in [0.2, 0.25) is 10.0 Å². The van der Waals surface area contributed by atoms with Crippen LogP contribution >= 0.6 is 0 Å². The normalized spacial score (nSPS) is 20.3. The molecule has 0 aliphatic carbocycles. The number of carbonyl (C=O) groups excluding carboxylic acids is 1.